The number of Topliss-reactive ketones (excluding diaryl/α,β-unsaturated/α-hetero) is 1. The fourth-order valence-corrected chi connectivity index (χ4v) is 4.87. The number of thiocarbonyl (C=S) groups is 1. The average molecular weight is 499 g/mol. The average Bonchev–Trinajstić information content (AvgIpc) is 3.43. The van der Waals surface area contributed by atoms with Crippen molar-refractivity contribution in [3.8, 4) is 11.1 Å². The van der Waals surface area contributed by atoms with Crippen molar-refractivity contribution in [3.63, 3.8) is 0 Å². The third-order valence-corrected chi connectivity index (χ3v) is 6.72. The Kier molecular flexibility index (Phi) is 6.63. The molecule has 1 aliphatic rings. The first-order valence-electron chi connectivity index (χ1n) is 11.9. The number of nitrogens with zero attached hydrogens (tertiary/aromatic N) is 2. The molecule has 4 aromatic rings. The number of carbonyl (C=O) groups excluding carboxylic acids is 2. The monoisotopic (exact) mass is 498 g/mol. The molecule has 0 radical (unpaired) electrons. The van der Waals surface area contributed by atoms with Crippen LogP contribution in [0, 0.1) is 0 Å². The molecule has 3 aromatic carbocycles. The van der Waals surface area contributed by atoms with Crippen LogP contribution in [0.4, 0.5) is 0 Å². The number of esters is 1. The van der Waals surface area contributed by atoms with Gasteiger partial charge >= 0.3 is 5.97 Å². The van der Waals surface area contributed by atoms with Crippen LogP contribution in [0.5, 0.6) is 0 Å². The van der Waals surface area contributed by atoms with Gasteiger partial charge in [-0.25, -0.2) is 15.2 Å². The van der Waals surface area contributed by atoms with E-state index >= 15 is 0 Å². The van der Waals surface area contributed by atoms with Crippen molar-refractivity contribution in [3.05, 3.63) is 89.2 Å². The summed E-state index contributed by atoms with van der Waals surface area (Å²) < 4.78 is 7.14. The van der Waals surface area contributed by atoms with Crippen LogP contribution in [0.3, 0.4) is 0 Å². The number of rotatable bonds is 7. The van der Waals surface area contributed by atoms with Gasteiger partial charge in [0.05, 0.1) is 23.7 Å². The highest BCUT2D eigenvalue weighted by atomic mass is 32.1. The van der Waals surface area contributed by atoms with Gasteiger partial charge in [0, 0.05) is 13.0 Å². The van der Waals surface area contributed by atoms with E-state index < -0.39 is 6.04 Å². The molecule has 1 saturated heterocycles. The number of methoxy groups -OCH3 is 1. The Labute approximate surface area is 214 Å². The first-order chi connectivity index (χ1) is 17.5. The molecule has 1 unspecified atom stereocenters. The molecule has 0 aliphatic carbocycles. The Bertz CT molecular complexity index is 1480. The molecule has 0 bridgehead atoms. The van der Waals surface area contributed by atoms with Gasteiger partial charge in [-0.3, -0.25) is 4.79 Å². The highest BCUT2D eigenvalue weighted by Crippen LogP contribution is 2.31. The largest absolute Gasteiger partial charge is 0.465 e. The number of imidazole rings is 1. The SMILES string of the molecule is CCCc1nc2cccc(C(=O)OC)c2n1Cc1ccc(-c2ccccc2C2NNC(=S)C2=O)cc1. The molecule has 5 rings (SSSR count). The maximum atomic E-state index is 12.5. The lowest BCUT2D eigenvalue weighted by Gasteiger charge is -2.15. The van der Waals surface area contributed by atoms with E-state index in [4.69, 9.17) is 21.9 Å². The number of carbonyl (C=O) groups is 2. The molecule has 1 atom stereocenters. The minimum absolute atomic E-state index is 0.133. The van der Waals surface area contributed by atoms with Crippen LogP contribution in [-0.2, 0) is 22.5 Å². The minimum Gasteiger partial charge on any atom is -0.465 e. The van der Waals surface area contributed by atoms with Crippen molar-refractivity contribution in [1.82, 2.24) is 20.4 Å². The van der Waals surface area contributed by atoms with Crippen molar-refractivity contribution >= 4 is 40.0 Å². The number of aryl methyl sites for hydroxylation is 1. The summed E-state index contributed by atoms with van der Waals surface area (Å²) in [5.74, 6) is 0.430. The number of aromatic nitrogens is 2. The number of ether oxygens (including phenoxy) is 1. The number of benzene rings is 3. The van der Waals surface area contributed by atoms with Crippen LogP contribution in [-0.4, -0.2) is 33.4 Å². The molecule has 36 heavy (non-hydrogen) atoms. The molecule has 8 heteroatoms. The second kappa shape index (κ2) is 10.0. The second-order valence-electron chi connectivity index (χ2n) is 8.71. The fourth-order valence-electron chi connectivity index (χ4n) is 4.69. The Morgan fingerprint density at radius 3 is 2.56 bits per heavy atom. The summed E-state index contributed by atoms with van der Waals surface area (Å²) in [4.78, 5) is 30.0. The second-order valence-corrected chi connectivity index (χ2v) is 9.12. The van der Waals surface area contributed by atoms with E-state index in [-0.39, 0.29) is 16.7 Å². The van der Waals surface area contributed by atoms with E-state index in [1.165, 1.54) is 7.11 Å². The topological polar surface area (TPSA) is 85.2 Å². The third-order valence-electron chi connectivity index (χ3n) is 6.42. The summed E-state index contributed by atoms with van der Waals surface area (Å²) in [6.07, 6.45) is 1.75. The summed E-state index contributed by atoms with van der Waals surface area (Å²) in [7, 11) is 1.39. The Morgan fingerprint density at radius 2 is 1.86 bits per heavy atom. The zero-order chi connectivity index (χ0) is 25.2. The van der Waals surface area contributed by atoms with Gasteiger partial charge in [0.15, 0.2) is 4.99 Å². The Morgan fingerprint density at radius 1 is 1.08 bits per heavy atom. The zero-order valence-electron chi connectivity index (χ0n) is 20.1. The summed E-state index contributed by atoms with van der Waals surface area (Å²) in [5, 5.41) is 0. The fraction of sp³-hybridized carbons (Fsp3) is 0.214. The van der Waals surface area contributed by atoms with Crippen LogP contribution >= 0.6 is 12.2 Å². The van der Waals surface area contributed by atoms with Crippen molar-refractivity contribution < 1.29 is 14.3 Å². The normalized spacial score (nSPS) is 15.3. The molecule has 2 heterocycles. The van der Waals surface area contributed by atoms with Crippen LogP contribution in [0.25, 0.3) is 22.2 Å². The molecule has 0 amide bonds. The highest BCUT2D eigenvalue weighted by molar-refractivity contribution is 7.82. The van der Waals surface area contributed by atoms with E-state index in [0.29, 0.717) is 12.1 Å². The first-order valence-corrected chi connectivity index (χ1v) is 12.3. The maximum absolute atomic E-state index is 12.5. The van der Waals surface area contributed by atoms with Gasteiger partial charge in [0.2, 0.25) is 5.78 Å². The maximum Gasteiger partial charge on any atom is 0.340 e. The number of ketones is 1. The van der Waals surface area contributed by atoms with Gasteiger partial charge in [-0.1, -0.05) is 73.7 Å². The van der Waals surface area contributed by atoms with Crippen molar-refractivity contribution in [2.45, 2.75) is 32.4 Å². The summed E-state index contributed by atoms with van der Waals surface area (Å²) in [6, 6.07) is 21.1. The summed E-state index contributed by atoms with van der Waals surface area (Å²) in [5.41, 5.74) is 11.8. The van der Waals surface area contributed by atoms with Crippen LogP contribution in [0.2, 0.25) is 0 Å². The van der Waals surface area contributed by atoms with Crippen LogP contribution in [0.1, 0.15) is 46.7 Å². The van der Waals surface area contributed by atoms with Gasteiger partial charge in [-0.15, -0.1) is 0 Å². The zero-order valence-corrected chi connectivity index (χ0v) is 20.9. The van der Waals surface area contributed by atoms with E-state index in [0.717, 1.165) is 52.0 Å². The first kappa shape index (κ1) is 23.8. The van der Waals surface area contributed by atoms with Gasteiger partial charge < -0.3 is 14.7 Å². The molecule has 182 valence electrons. The lowest BCUT2D eigenvalue weighted by Crippen LogP contribution is -2.26. The van der Waals surface area contributed by atoms with Crippen LogP contribution < -0.4 is 10.9 Å². The van der Waals surface area contributed by atoms with Crippen molar-refractivity contribution in [2.24, 2.45) is 0 Å². The Hall–Kier alpha value is -3.88. The highest BCUT2D eigenvalue weighted by Gasteiger charge is 2.31. The molecular formula is C28H26N4O3S. The quantitative estimate of drug-likeness (QED) is 0.286. The number of hydrogen-bond acceptors (Lipinski definition) is 6. The summed E-state index contributed by atoms with van der Waals surface area (Å²) >= 11 is 5.09. The van der Waals surface area contributed by atoms with Crippen LogP contribution in [0.15, 0.2) is 66.7 Å². The molecule has 7 nitrogen and oxygen atoms in total. The molecule has 1 fully saturated rings. The number of para-hydroxylation sites is 1. The Balaban J connectivity index is 1.50. The predicted octanol–water partition coefficient (Wildman–Crippen LogP) is 4.54. The van der Waals surface area contributed by atoms with Crippen molar-refractivity contribution in [1.29, 1.82) is 0 Å². The molecule has 1 aromatic heterocycles. The van der Waals surface area contributed by atoms with Crippen molar-refractivity contribution in [2.75, 3.05) is 7.11 Å². The third kappa shape index (κ3) is 4.29. The van der Waals surface area contributed by atoms with Gasteiger partial charge in [0.1, 0.15) is 11.9 Å². The lowest BCUT2D eigenvalue weighted by atomic mass is 9.93. The molecule has 2 N–H and O–H groups in total. The number of nitrogens with one attached hydrogen (secondary N) is 2. The van der Waals surface area contributed by atoms with Gasteiger partial charge in [-0.2, -0.15) is 0 Å². The van der Waals surface area contributed by atoms with E-state index in [1.54, 1.807) is 6.07 Å². The minimum atomic E-state index is -0.515. The van der Waals surface area contributed by atoms with Gasteiger partial charge in [-0.05, 0) is 40.8 Å². The molecule has 0 spiro atoms. The molecule has 1 aliphatic heterocycles. The van der Waals surface area contributed by atoms with Gasteiger partial charge in [0.25, 0.3) is 0 Å². The molecular weight excluding hydrogens is 472 g/mol. The molecule has 0 saturated carbocycles. The predicted molar refractivity (Wildman–Crippen MR) is 143 cm³/mol. The number of hydrogen-bond donors (Lipinski definition) is 2. The number of fused-ring (bicyclic) bond motifs is 1. The number of hydrazine groups is 1. The summed E-state index contributed by atoms with van der Waals surface area (Å²) in [6.45, 7) is 2.69. The standard InChI is InChI=1S/C28H26N4O3S/c1-3-7-23-29-22-11-6-10-21(28(34)35-2)25(22)32(23)16-17-12-14-18(15-13-17)19-8-4-5-9-20(19)24-26(33)27(36)31-30-24/h4-6,8-15,24,30H,3,7,16H2,1-2H3,(H,31,36). The smallest absolute Gasteiger partial charge is 0.340 e. The van der Waals surface area contributed by atoms with E-state index in [9.17, 15) is 9.59 Å². The van der Waals surface area contributed by atoms with E-state index in [2.05, 4.69) is 46.6 Å². The van der Waals surface area contributed by atoms with E-state index in [1.807, 2.05) is 36.4 Å². The lowest BCUT2D eigenvalue weighted by molar-refractivity contribution is -0.113.